The van der Waals surface area contributed by atoms with E-state index < -0.39 is 16.2 Å². The topological polar surface area (TPSA) is 101 Å². The van der Waals surface area contributed by atoms with Crippen molar-refractivity contribution in [3.8, 4) is 5.75 Å². The molecule has 0 aromatic heterocycles. The minimum absolute atomic E-state index is 0.0668. The molecule has 2 N–H and O–H groups in total. The summed E-state index contributed by atoms with van der Waals surface area (Å²) in [5.74, 6) is 0.166. The largest absolute Gasteiger partial charge is 0.508 e. The summed E-state index contributed by atoms with van der Waals surface area (Å²) in [5.41, 5.74) is 1.60. The fourth-order valence-corrected chi connectivity index (χ4v) is 4.34. The smallest absolute Gasteiger partial charge is 0.296 e. The lowest BCUT2D eigenvalue weighted by atomic mass is 9.87. The maximum absolute atomic E-state index is 12.0. The lowest BCUT2D eigenvalue weighted by Gasteiger charge is -2.26. The second-order valence-electron chi connectivity index (χ2n) is 7.89. The van der Waals surface area contributed by atoms with Crippen LogP contribution in [0.2, 0.25) is 0 Å². The molecule has 1 aliphatic carbocycles. The zero-order valence-corrected chi connectivity index (χ0v) is 19.0. The van der Waals surface area contributed by atoms with Crippen LogP contribution in [0, 0.1) is 12.8 Å². The summed E-state index contributed by atoms with van der Waals surface area (Å²) in [5, 5.41) is 18.9. The van der Waals surface area contributed by atoms with Crippen LogP contribution in [-0.2, 0) is 14.3 Å². The van der Waals surface area contributed by atoms with Crippen LogP contribution < -0.4 is 0 Å². The molecular weight excluding hydrogens is 416 g/mol. The molecule has 0 heterocycles. The zero-order valence-electron chi connectivity index (χ0n) is 18.2. The van der Waals surface area contributed by atoms with E-state index in [4.69, 9.17) is 9.29 Å². The number of Topliss-reactive ketones (excluding diaryl/α,β-unsaturated/α-hetero) is 1. The maximum Gasteiger partial charge on any atom is 0.296 e. The highest BCUT2D eigenvalue weighted by molar-refractivity contribution is 7.86. The number of carbonyl (C=O) groups excluding carboxylic acids is 1. The van der Waals surface area contributed by atoms with Gasteiger partial charge < -0.3 is 10.2 Å². The highest BCUT2D eigenvalue weighted by Gasteiger charge is 2.26. The minimum atomic E-state index is -3.71. The molecule has 6 nitrogen and oxygen atoms in total. The third kappa shape index (κ3) is 8.09. The number of phenols is 1. The molecule has 0 radical (unpaired) electrons. The van der Waals surface area contributed by atoms with E-state index in [0.29, 0.717) is 12.0 Å². The number of carbonyl (C=O) groups is 1. The first-order valence-corrected chi connectivity index (χ1v) is 12.1. The van der Waals surface area contributed by atoms with Gasteiger partial charge in [0.1, 0.15) is 5.75 Å². The van der Waals surface area contributed by atoms with Crippen molar-refractivity contribution in [2.45, 2.75) is 63.4 Å². The number of benzene rings is 2. The molecule has 0 saturated heterocycles. The van der Waals surface area contributed by atoms with Crippen LogP contribution in [0.15, 0.2) is 53.4 Å². The molecular formula is C24H32O6S. The fourth-order valence-electron chi connectivity index (χ4n) is 3.38. The van der Waals surface area contributed by atoms with Crippen molar-refractivity contribution in [1.82, 2.24) is 0 Å². The molecule has 1 saturated carbocycles. The average Bonchev–Trinajstić information content (AvgIpc) is 2.74. The van der Waals surface area contributed by atoms with Crippen LogP contribution in [-0.4, -0.2) is 37.1 Å². The number of ketones is 1. The molecule has 7 heteroatoms. The molecule has 3 rings (SSSR count). The van der Waals surface area contributed by atoms with E-state index >= 15 is 0 Å². The maximum atomic E-state index is 12.0. The SMILES string of the molecule is CCCC(=O)c1cccc(O)c1.Cc1ccc(S(=O)(=O)OC[C@@H]2CCCC[C@H]2O)cc1. The van der Waals surface area contributed by atoms with Crippen LogP contribution in [0.4, 0.5) is 0 Å². The number of aliphatic hydroxyl groups is 1. The van der Waals surface area contributed by atoms with Crippen molar-refractivity contribution in [3.05, 3.63) is 59.7 Å². The van der Waals surface area contributed by atoms with Gasteiger partial charge in [-0.1, -0.05) is 49.6 Å². The van der Waals surface area contributed by atoms with Gasteiger partial charge in [0, 0.05) is 17.9 Å². The van der Waals surface area contributed by atoms with Crippen molar-refractivity contribution in [2.75, 3.05) is 6.61 Å². The lowest BCUT2D eigenvalue weighted by Crippen LogP contribution is -2.29. The summed E-state index contributed by atoms with van der Waals surface area (Å²) >= 11 is 0. The molecule has 0 spiro atoms. The number of aryl methyl sites for hydroxylation is 1. The van der Waals surface area contributed by atoms with E-state index in [0.717, 1.165) is 37.7 Å². The number of hydrogen-bond acceptors (Lipinski definition) is 6. The number of aromatic hydroxyl groups is 1. The average molecular weight is 449 g/mol. The normalized spacial score (nSPS) is 18.7. The molecule has 0 amide bonds. The Balaban J connectivity index is 0.000000245. The minimum Gasteiger partial charge on any atom is -0.508 e. The van der Waals surface area contributed by atoms with Gasteiger partial charge in [0.25, 0.3) is 10.1 Å². The number of rotatable bonds is 7. The first kappa shape index (κ1) is 25.0. The second-order valence-corrected chi connectivity index (χ2v) is 9.50. The molecule has 0 aliphatic heterocycles. The zero-order chi connectivity index (χ0) is 22.9. The quantitative estimate of drug-likeness (QED) is 0.473. The van der Waals surface area contributed by atoms with Gasteiger partial charge in [-0.15, -0.1) is 0 Å². The lowest BCUT2D eigenvalue weighted by molar-refractivity contribution is 0.0438. The summed E-state index contributed by atoms with van der Waals surface area (Å²) in [7, 11) is -3.71. The summed E-state index contributed by atoms with van der Waals surface area (Å²) < 4.78 is 29.1. The van der Waals surface area contributed by atoms with E-state index in [1.54, 1.807) is 42.5 Å². The Bertz CT molecular complexity index is 937. The molecule has 170 valence electrons. The van der Waals surface area contributed by atoms with Crippen molar-refractivity contribution in [2.24, 2.45) is 5.92 Å². The highest BCUT2D eigenvalue weighted by atomic mass is 32.2. The van der Waals surface area contributed by atoms with Gasteiger partial charge in [-0.3, -0.25) is 8.98 Å². The van der Waals surface area contributed by atoms with E-state index in [1.807, 2.05) is 13.8 Å². The third-order valence-corrected chi connectivity index (χ3v) is 6.56. The molecule has 2 aromatic rings. The molecule has 0 bridgehead atoms. The Hall–Kier alpha value is -2.22. The van der Waals surface area contributed by atoms with Gasteiger partial charge in [0.15, 0.2) is 5.78 Å². The Morgan fingerprint density at radius 2 is 1.77 bits per heavy atom. The Morgan fingerprint density at radius 1 is 1.10 bits per heavy atom. The number of hydrogen-bond donors (Lipinski definition) is 2. The second kappa shape index (κ2) is 12.0. The van der Waals surface area contributed by atoms with E-state index in [9.17, 15) is 18.3 Å². The molecule has 2 aromatic carbocycles. The van der Waals surface area contributed by atoms with E-state index in [2.05, 4.69) is 0 Å². The predicted molar refractivity (Wildman–Crippen MR) is 120 cm³/mol. The fraction of sp³-hybridized carbons (Fsp3) is 0.458. The van der Waals surface area contributed by atoms with Crippen LogP contribution in [0.1, 0.15) is 61.4 Å². The monoisotopic (exact) mass is 448 g/mol. The van der Waals surface area contributed by atoms with Gasteiger partial charge in [-0.25, -0.2) is 0 Å². The Labute approximate surface area is 185 Å². The van der Waals surface area contributed by atoms with Gasteiger partial charge in [-0.05, 0) is 50.5 Å². The van der Waals surface area contributed by atoms with Crippen LogP contribution in [0.3, 0.4) is 0 Å². The van der Waals surface area contributed by atoms with E-state index in [1.165, 1.54) is 6.07 Å². The Morgan fingerprint density at radius 3 is 2.39 bits per heavy atom. The molecule has 2 atom stereocenters. The molecule has 0 unspecified atom stereocenters. The van der Waals surface area contributed by atoms with Gasteiger partial charge in [0.2, 0.25) is 0 Å². The van der Waals surface area contributed by atoms with Crippen molar-refractivity contribution in [1.29, 1.82) is 0 Å². The summed E-state index contributed by atoms with van der Waals surface area (Å²) in [6.07, 6.45) is 4.53. The first-order chi connectivity index (χ1) is 14.7. The van der Waals surface area contributed by atoms with E-state index in [-0.39, 0.29) is 29.0 Å². The number of aliphatic hydroxyl groups excluding tert-OH is 1. The standard InChI is InChI=1S/C14H20O4S.C10H12O2/c1-11-6-8-13(9-7-11)19(16,17)18-10-12-4-2-3-5-14(12)15;1-2-4-10(12)8-5-3-6-9(11)7-8/h6-9,12,14-15H,2-5,10H2,1H3;3,5-7,11H,2,4H2,1H3/t12-,14+;/m0./s1. The molecule has 31 heavy (non-hydrogen) atoms. The summed E-state index contributed by atoms with van der Waals surface area (Å²) in [6, 6.07) is 13.0. The van der Waals surface area contributed by atoms with Crippen LogP contribution in [0.5, 0.6) is 5.75 Å². The van der Waals surface area contributed by atoms with Crippen LogP contribution in [0.25, 0.3) is 0 Å². The highest BCUT2D eigenvalue weighted by Crippen LogP contribution is 2.26. The molecule has 1 aliphatic rings. The summed E-state index contributed by atoms with van der Waals surface area (Å²) in [6.45, 7) is 3.92. The Kier molecular flexibility index (Phi) is 9.68. The van der Waals surface area contributed by atoms with Gasteiger partial charge in [-0.2, -0.15) is 8.42 Å². The van der Waals surface area contributed by atoms with Gasteiger partial charge >= 0.3 is 0 Å². The third-order valence-electron chi connectivity index (χ3n) is 5.26. The van der Waals surface area contributed by atoms with Gasteiger partial charge in [0.05, 0.1) is 17.6 Å². The van der Waals surface area contributed by atoms with Crippen molar-refractivity contribution < 1.29 is 27.6 Å². The first-order valence-electron chi connectivity index (χ1n) is 10.7. The predicted octanol–water partition coefficient (Wildman–Crippen LogP) is 4.63. The number of phenolic OH excluding ortho intramolecular Hbond substituents is 1. The van der Waals surface area contributed by atoms with Crippen LogP contribution >= 0.6 is 0 Å². The van der Waals surface area contributed by atoms with Crippen molar-refractivity contribution in [3.63, 3.8) is 0 Å². The van der Waals surface area contributed by atoms with Crippen molar-refractivity contribution >= 4 is 15.9 Å². The summed E-state index contributed by atoms with van der Waals surface area (Å²) in [4.78, 5) is 11.5. The molecule has 1 fully saturated rings.